The van der Waals surface area contributed by atoms with Crippen molar-refractivity contribution in [3.05, 3.63) is 108 Å². The largest absolute Gasteiger partial charge is 0.489 e. The molecule has 0 fully saturated rings. The van der Waals surface area contributed by atoms with Gasteiger partial charge in [0, 0.05) is 42.3 Å². The van der Waals surface area contributed by atoms with Crippen LogP contribution in [0.5, 0.6) is 5.75 Å². The van der Waals surface area contributed by atoms with Crippen molar-refractivity contribution in [2.24, 2.45) is 0 Å². The lowest BCUT2D eigenvalue weighted by molar-refractivity contribution is 0.146. The molecule has 0 radical (unpaired) electrons. The number of nitrogens with zero attached hydrogens (tertiary/aromatic N) is 5. The minimum atomic E-state index is -3.83. The number of ether oxygens (including phenoxy) is 1. The number of pyridine rings is 1. The van der Waals surface area contributed by atoms with Crippen molar-refractivity contribution >= 4 is 15.7 Å². The molecule has 11 nitrogen and oxygen atoms in total. The summed E-state index contributed by atoms with van der Waals surface area (Å²) in [5, 5.41) is 25.6. The second-order valence-corrected chi connectivity index (χ2v) is 11.6. The molecule has 1 aliphatic heterocycles. The number of sulfonamides is 1. The molecule has 0 aliphatic carbocycles. The number of tetrazole rings is 1. The Labute approximate surface area is 243 Å². The molecule has 2 atom stereocenters. The molecule has 6 rings (SSSR count). The molecule has 3 heterocycles. The van der Waals surface area contributed by atoms with Crippen molar-refractivity contribution in [2.75, 3.05) is 17.8 Å². The molecule has 3 N–H and O–H groups in total. The van der Waals surface area contributed by atoms with Gasteiger partial charge in [0.15, 0.2) is 5.82 Å². The smallest absolute Gasteiger partial charge is 0.261 e. The van der Waals surface area contributed by atoms with Gasteiger partial charge in [-0.05, 0) is 77.4 Å². The zero-order valence-corrected chi connectivity index (χ0v) is 23.4. The van der Waals surface area contributed by atoms with E-state index in [0.29, 0.717) is 42.5 Å². The van der Waals surface area contributed by atoms with Crippen molar-refractivity contribution in [1.29, 1.82) is 0 Å². The quantitative estimate of drug-likeness (QED) is 0.225. The minimum Gasteiger partial charge on any atom is -0.489 e. The Balaban J connectivity index is 1.07. The zero-order chi connectivity index (χ0) is 28.9. The van der Waals surface area contributed by atoms with Crippen LogP contribution in [0.1, 0.15) is 23.7 Å². The van der Waals surface area contributed by atoms with E-state index >= 15 is 0 Å². The SMILES string of the molecule is O=S(=O)(Nc1ccc(-n2nnnc2-c2ccccc2)cc1)c1ccc2c(c1)CCC(CNCC(O)c1cccnc1)O2. The Kier molecular flexibility index (Phi) is 7.91. The second kappa shape index (κ2) is 12.1. The predicted octanol–water partition coefficient (Wildman–Crippen LogP) is 3.54. The molecule has 2 unspecified atom stereocenters. The Bertz CT molecular complexity index is 1750. The Morgan fingerprint density at radius 3 is 2.64 bits per heavy atom. The fraction of sp³-hybridized carbons (Fsp3) is 0.200. The molecule has 0 saturated heterocycles. The van der Waals surface area contributed by atoms with Crippen LogP contribution >= 0.6 is 0 Å². The van der Waals surface area contributed by atoms with Crippen molar-refractivity contribution < 1.29 is 18.3 Å². The highest BCUT2D eigenvalue weighted by Crippen LogP contribution is 2.31. The van der Waals surface area contributed by atoms with Gasteiger partial charge in [0.1, 0.15) is 11.9 Å². The summed E-state index contributed by atoms with van der Waals surface area (Å²) in [6.07, 6.45) is 3.98. The number of nitrogens with one attached hydrogen (secondary N) is 2. The van der Waals surface area contributed by atoms with E-state index in [9.17, 15) is 13.5 Å². The maximum Gasteiger partial charge on any atom is 0.261 e. The van der Waals surface area contributed by atoms with Crippen LogP contribution in [0.4, 0.5) is 5.69 Å². The number of aromatic nitrogens is 5. The summed E-state index contributed by atoms with van der Waals surface area (Å²) in [5.74, 6) is 1.25. The van der Waals surface area contributed by atoms with Crippen LogP contribution in [-0.2, 0) is 16.4 Å². The van der Waals surface area contributed by atoms with Crippen LogP contribution in [0.15, 0.2) is 102 Å². The summed E-state index contributed by atoms with van der Waals surface area (Å²) in [6, 6.07) is 25.0. The lowest BCUT2D eigenvalue weighted by Crippen LogP contribution is -2.36. The van der Waals surface area contributed by atoms with E-state index in [4.69, 9.17) is 4.74 Å². The summed E-state index contributed by atoms with van der Waals surface area (Å²) in [6.45, 7) is 0.942. The first-order valence-electron chi connectivity index (χ1n) is 13.5. The van der Waals surface area contributed by atoms with E-state index in [1.165, 1.54) is 0 Å². The third-order valence-electron chi connectivity index (χ3n) is 7.02. The van der Waals surface area contributed by atoms with E-state index in [1.54, 1.807) is 65.6 Å². The summed E-state index contributed by atoms with van der Waals surface area (Å²) in [7, 11) is -3.83. The van der Waals surface area contributed by atoms with Gasteiger partial charge in [-0.25, -0.2) is 8.42 Å². The highest BCUT2D eigenvalue weighted by molar-refractivity contribution is 7.92. The summed E-state index contributed by atoms with van der Waals surface area (Å²) < 4.78 is 36.8. The summed E-state index contributed by atoms with van der Waals surface area (Å²) >= 11 is 0. The molecule has 0 spiro atoms. The molecule has 42 heavy (non-hydrogen) atoms. The Morgan fingerprint density at radius 2 is 1.86 bits per heavy atom. The van der Waals surface area contributed by atoms with Gasteiger partial charge in [0.2, 0.25) is 0 Å². The number of fused-ring (bicyclic) bond motifs is 1. The zero-order valence-electron chi connectivity index (χ0n) is 22.5. The maximum absolute atomic E-state index is 13.2. The Morgan fingerprint density at radius 1 is 1.02 bits per heavy atom. The lowest BCUT2D eigenvalue weighted by Gasteiger charge is -2.27. The van der Waals surface area contributed by atoms with Crippen molar-refractivity contribution in [3.8, 4) is 22.8 Å². The maximum atomic E-state index is 13.2. The van der Waals surface area contributed by atoms with Crippen LogP contribution in [0.3, 0.4) is 0 Å². The number of rotatable bonds is 10. The number of aliphatic hydroxyl groups is 1. The van der Waals surface area contributed by atoms with E-state index in [1.807, 2.05) is 36.4 Å². The van der Waals surface area contributed by atoms with Gasteiger partial charge in [-0.15, -0.1) is 5.10 Å². The molecule has 1 aliphatic rings. The number of hydrogen-bond acceptors (Lipinski definition) is 9. The number of benzene rings is 3. The Hall–Kier alpha value is -4.65. The highest BCUT2D eigenvalue weighted by atomic mass is 32.2. The summed E-state index contributed by atoms with van der Waals surface area (Å²) in [5.41, 5.74) is 3.57. The fourth-order valence-electron chi connectivity index (χ4n) is 4.82. The lowest BCUT2D eigenvalue weighted by atomic mass is 10.0. The molecule has 214 valence electrons. The fourth-order valence-corrected chi connectivity index (χ4v) is 5.93. The van der Waals surface area contributed by atoms with Crippen molar-refractivity contribution in [1.82, 2.24) is 30.5 Å². The van der Waals surface area contributed by atoms with E-state index in [-0.39, 0.29) is 11.0 Å². The van der Waals surface area contributed by atoms with Gasteiger partial charge in [0.25, 0.3) is 10.0 Å². The van der Waals surface area contributed by atoms with E-state index in [0.717, 1.165) is 23.1 Å². The van der Waals surface area contributed by atoms with Gasteiger partial charge in [-0.2, -0.15) is 4.68 Å². The van der Waals surface area contributed by atoms with Gasteiger partial charge < -0.3 is 15.2 Å². The molecular formula is C30H29N7O4S. The first-order valence-corrected chi connectivity index (χ1v) is 15.0. The molecular weight excluding hydrogens is 554 g/mol. The number of aryl methyl sites for hydroxylation is 1. The number of aliphatic hydroxyl groups excluding tert-OH is 1. The van der Waals surface area contributed by atoms with Crippen molar-refractivity contribution in [3.63, 3.8) is 0 Å². The summed E-state index contributed by atoms with van der Waals surface area (Å²) in [4.78, 5) is 4.20. The van der Waals surface area contributed by atoms with Gasteiger partial charge >= 0.3 is 0 Å². The highest BCUT2D eigenvalue weighted by Gasteiger charge is 2.23. The first-order chi connectivity index (χ1) is 20.5. The molecule has 0 saturated carbocycles. The van der Waals surface area contributed by atoms with Crippen LogP contribution in [0.2, 0.25) is 0 Å². The van der Waals surface area contributed by atoms with Crippen molar-refractivity contribution in [2.45, 2.75) is 29.9 Å². The minimum absolute atomic E-state index is 0.0831. The van der Waals surface area contributed by atoms with E-state index < -0.39 is 16.1 Å². The second-order valence-electron chi connectivity index (χ2n) is 9.94. The van der Waals surface area contributed by atoms with Crippen LogP contribution < -0.4 is 14.8 Å². The van der Waals surface area contributed by atoms with Crippen LogP contribution in [0.25, 0.3) is 17.1 Å². The molecule has 12 heteroatoms. The topological polar surface area (TPSA) is 144 Å². The van der Waals surface area contributed by atoms with Gasteiger partial charge in [0.05, 0.1) is 16.7 Å². The molecule has 0 amide bonds. The molecule has 5 aromatic rings. The normalized spacial score (nSPS) is 15.4. The third-order valence-corrected chi connectivity index (χ3v) is 8.39. The first kappa shape index (κ1) is 27.5. The molecule has 0 bridgehead atoms. The molecule has 3 aromatic carbocycles. The van der Waals surface area contributed by atoms with Crippen LogP contribution in [-0.4, -0.2) is 57.9 Å². The predicted molar refractivity (Wildman–Crippen MR) is 157 cm³/mol. The average Bonchev–Trinajstić information content (AvgIpc) is 3.52. The van der Waals surface area contributed by atoms with E-state index in [2.05, 4.69) is 30.5 Å². The average molecular weight is 584 g/mol. The van der Waals surface area contributed by atoms with Gasteiger partial charge in [-0.1, -0.05) is 36.4 Å². The van der Waals surface area contributed by atoms with Crippen LogP contribution in [0, 0.1) is 0 Å². The monoisotopic (exact) mass is 583 g/mol. The third kappa shape index (κ3) is 6.15. The standard InChI is InChI=1S/C30H29N7O4S/c38-28(23-7-4-16-31-18-23)20-32-19-26-13-8-22-17-27(14-15-29(22)41-26)42(39,40)34-24-9-11-25(12-10-24)37-30(33-35-36-37)21-5-2-1-3-6-21/h1-7,9-12,14-18,26,28,32,34,38H,8,13,19-20H2. The van der Waals surface area contributed by atoms with Gasteiger partial charge in [-0.3, -0.25) is 9.71 Å². The number of anilines is 1. The number of hydrogen-bond donors (Lipinski definition) is 3. The molecule has 2 aromatic heterocycles.